The Bertz CT molecular complexity index is 705. The van der Waals surface area contributed by atoms with E-state index in [0.29, 0.717) is 0 Å². The van der Waals surface area contributed by atoms with Gasteiger partial charge in [0.1, 0.15) is 0 Å². The Morgan fingerprint density at radius 2 is 1.16 bits per heavy atom. The van der Waals surface area contributed by atoms with Crippen LogP contribution in [-0.2, 0) is 6.42 Å². The van der Waals surface area contributed by atoms with Crippen molar-refractivity contribution in [3.05, 3.63) is 90.5 Å². The third-order valence-corrected chi connectivity index (χ3v) is 6.91. The smallest absolute Gasteiger partial charge is 0.0223 e. The molecule has 0 aliphatic heterocycles. The van der Waals surface area contributed by atoms with Crippen LogP contribution in [0.5, 0.6) is 0 Å². The molecule has 0 fully saturated rings. The molecule has 0 amide bonds. The van der Waals surface area contributed by atoms with Gasteiger partial charge in [0, 0.05) is 5.88 Å². The SMILES string of the molecule is Cl.ClCCCCc1ccccc1P(c1ccccc1)c1ccccc1. The Labute approximate surface area is 163 Å². The third-order valence-electron chi connectivity index (χ3n) is 4.09. The summed E-state index contributed by atoms with van der Waals surface area (Å²) in [5, 5.41) is 4.28. The molecule has 0 saturated carbocycles. The van der Waals surface area contributed by atoms with Crippen LogP contribution in [0.15, 0.2) is 84.9 Å². The summed E-state index contributed by atoms with van der Waals surface area (Å²) in [5.41, 5.74) is 1.46. The highest BCUT2D eigenvalue weighted by Gasteiger charge is 2.18. The van der Waals surface area contributed by atoms with E-state index in [1.54, 1.807) is 0 Å². The Morgan fingerprint density at radius 3 is 1.72 bits per heavy atom. The van der Waals surface area contributed by atoms with Crippen LogP contribution >= 0.6 is 31.9 Å². The lowest BCUT2D eigenvalue weighted by molar-refractivity contribution is 0.803. The molecule has 0 N–H and O–H groups in total. The summed E-state index contributed by atoms with van der Waals surface area (Å²) in [6.45, 7) is 0. The molecule has 0 radical (unpaired) electrons. The van der Waals surface area contributed by atoms with Crippen molar-refractivity contribution in [2.24, 2.45) is 0 Å². The van der Waals surface area contributed by atoms with Crippen LogP contribution in [0.3, 0.4) is 0 Å². The fourth-order valence-corrected chi connectivity index (χ4v) is 5.62. The van der Waals surface area contributed by atoms with Gasteiger partial charge < -0.3 is 0 Å². The van der Waals surface area contributed by atoms with E-state index in [1.165, 1.54) is 21.5 Å². The number of unbranched alkanes of at least 4 members (excludes halogenated alkanes) is 1. The highest BCUT2D eigenvalue weighted by Crippen LogP contribution is 2.34. The molecule has 0 saturated heterocycles. The van der Waals surface area contributed by atoms with E-state index in [1.807, 2.05) is 0 Å². The van der Waals surface area contributed by atoms with Crippen molar-refractivity contribution in [1.82, 2.24) is 0 Å². The van der Waals surface area contributed by atoms with Crippen LogP contribution in [0.2, 0.25) is 0 Å². The van der Waals surface area contributed by atoms with Crippen LogP contribution in [0.25, 0.3) is 0 Å². The summed E-state index contributed by atoms with van der Waals surface area (Å²) in [4.78, 5) is 0. The van der Waals surface area contributed by atoms with Gasteiger partial charge >= 0.3 is 0 Å². The monoisotopic (exact) mass is 388 g/mol. The topological polar surface area (TPSA) is 0 Å². The lowest BCUT2D eigenvalue weighted by Crippen LogP contribution is -2.23. The van der Waals surface area contributed by atoms with Gasteiger partial charge in [0.25, 0.3) is 0 Å². The Balaban J connectivity index is 0.00000225. The Hall–Kier alpha value is -1.33. The summed E-state index contributed by atoms with van der Waals surface area (Å²) >= 11 is 5.87. The maximum atomic E-state index is 5.87. The fraction of sp³-hybridized carbons (Fsp3) is 0.182. The Kier molecular flexibility index (Phi) is 8.49. The van der Waals surface area contributed by atoms with Gasteiger partial charge in [0.05, 0.1) is 0 Å². The van der Waals surface area contributed by atoms with Crippen LogP contribution < -0.4 is 15.9 Å². The maximum Gasteiger partial charge on any atom is 0.0223 e. The minimum atomic E-state index is -0.521. The van der Waals surface area contributed by atoms with Crippen molar-refractivity contribution in [3.63, 3.8) is 0 Å². The first-order valence-electron chi connectivity index (χ1n) is 8.44. The van der Waals surface area contributed by atoms with Crippen molar-refractivity contribution in [3.8, 4) is 0 Å². The first-order chi connectivity index (χ1) is 11.9. The van der Waals surface area contributed by atoms with E-state index in [4.69, 9.17) is 11.6 Å². The van der Waals surface area contributed by atoms with E-state index in [9.17, 15) is 0 Å². The normalized spacial score (nSPS) is 10.5. The van der Waals surface area contributed by atoms with Gasteiger partial charge in [-0.05, 0) is 48.7 Å². The molecule has 3 heteroatoms. The summed E-state index contributed by atoms with van der Waals surface area (Å²) < 4.78 is 0. The van der Waals surface area contributed by atoms with Crippen LogP contribution in [0.1, 0.15) is 18.4 Å². The van der Waals surface area contributed by atoms with E-state index < -0.39 is 7.92 Å². The molecule has 25 heavy (non-hydrogen) atoms. The van der Waals surface area contributed by atoms with Gasteiger partial charge in [-0.2, -0.15) is 0 Å². The zero-order chi connectivity index (χ0) is 16.6. The molecule has 0 bridgehead atoms. The number of benzene rings is 3. The second-order valence-corrected chi connectivity index (χ2v) is 8.34. The lowest BCUT2D eigenvalue weighted by Gasteiger charge is -2.22. The van der Waals surface area contributed by atoms with Gasteiger partial charge in [0.2, 0.25) is 0 Å². The molecule has 0 aliphatic carbocycles. The quantitative estimate of drug-likeness (QED) is 0.287. The van der Waals surface area contributed by atoms with Gasteiger partial charge in [-0.25, -0.2) is 0 Å². The largest absolute Gasteiger partial charge is 0.147 e. The fourth-order valence-electron chi connectivity index (χ4n) is 2.93. The van der Waals surface area contributed by atoms with E-state index in [0.717, 1.165) is 25.1 Å². The molecule has 0 aromatic heterocycles. The average molecular weight is 389 g/mol. The maximum absolute atomic E-state index is 5.87. The van der Waals surface area contributed by atoms with Crippen molar-refractivity contribution in [2.45, 2.75) is 19.3 Å². The molecule has 3 aromatic carbocycles. The number of halogens is 2. The zero-order valence-corrected chi connectivity index (χ0v) is 16.6. The lowest BCUT2D eigenvalue weighted by atomic mass is 10.1. The second kappa shape index (κ2) is 10.6. The molecule has 0 spiro atoms. The van der Waals surface area contributed by atoms with Crippen LogP contribution in [-0.4, -0.2) is 5.88 Å². The molecule has 0 atom stereocenters. The van der Waals surface area contributed by atoms with E-state index in [-0.39, 0.29) is 12.4 Å². The standard InChI is InChI=1S/C22H22ClP.ClH/c23-18-10-9-12-19-11-7-8-17-22(19)24(20-13-3-1-4-14-20)21-15-5-2-6-16-21;/h1-8,11,13-17H,9-10,12,18H2;1H. The highest BCUT2D eigenvalue weighted by atomic mass is 35.5. The van der Waals surface area contributed by atoms with Crippen molar-refractivity contribution in [1.29, 1.82) is 0 Å². The summed E-state index contributed by atoms with van der Waals surface area (Å²) in [6, 6.07) is 30.7. The third kappa shape index (κ3) is 5.32. The number of hydrogen-bond donors (Lipinski definition) is 0. The zero-order valence-electron chi connectivity index (χ0n) is 14.1. The summed E-state index contributed by atoms with van der Waals surface area (Å²) in [6.07, 6.45) is 3.32. The van der Waals surface area contributed by atoms with Crippen molar-refractivity contribution in [2.75, 3.05) is 5.88 Å². The van der Waals surface area contributed by atoms with Crippen LogP contribution in [0.4, 0.5) is 0 Å². The predicted molar refractivity (Wildman–Crippen MR) is 116 cm³/mol. The highest BCUT2D eigenvalue weighted by molar-refractivity contribution is 7.79. The molecule has 0 unspecified atom stereocenters. The number of hydrogen-bond acceptors (Lipinski definition) is 0. The van der Waals surface area contributed by atoms with Gasteiger partial charge in [-0.1, -0.05) is 84.9 Å². The number of rotatable bonds is 7. The second-order valence-electron chi connectivity index (χ2n) is 5.78. The van der Waals surface area contributed by atoms with Gasteiger partial charge in [-0.3, -0.25) is 0 Å². The molecule has 0 nitrogen and oxygen atoms in total. The molecule has 3 rings (SSSR count). The summed E-state index contributed by atoms with van der Waals surface area (Å²) in [7, 11) is -0.521. The molecule has 0 heterocycles. The van der Waals surface area contributed by atoms with Gasteiger partial charge in [-0.15, -0.1) is 24.0 Å². The Morgan fingerprint density at radius 1 is 0.640 bits per heavy atom. The van der Waals surface area contributed by atoms with Crippen LogP contribution in [0, 0.1) is 0 Å². The van der Waals surface area contributed by atoms with Gasteiger partial charge in [0.15, 0.2) is 0 Å². The predicted octanol–water partition coefficient (Wildman–Crippen LogP) is 5.43. The molecule has 3 aromatic rings. The molecule has 0 aliphatic rings. The van der Waals surface area contributed by atoms with Crippen molar-refractivity contribution >= 4 is 47.8 Å². The molecular formula is C22H23Cl2P. The minimum Gasteiger partial charge on any atom is -0.147 e. The number of alkyl halides is 1. The first-order valence-corrected chi connectivity index (χ1v) is 10.3. The van der Waals surface area contributed by atoms with Crippen molar-refractivity contribution < 1.29 is 0 Å². The number of aryl methyl sites for hydroxylation is 1. The van der Waals surface area contributed by atoms with E-state index in [2.05, 4.69) is 84.9 Å². The summed E-state index contributed by atoms with van der Waals surface area (Å²) in [5.74, 6) is 0.744. The molecular weight excluding hydrogens is 366 g/mol. The first kappa shape index (κ1) is 20.0. The van der Waals surface area contributed by atoms with E-state index >= 15 is 0 Å². The minimum absolute atomic E-state index is 0. The molecule has 130 valence electrons. The average Bonchev–Trinajstić information content (AvgIpc) is 2.65.